The van der Waals surface area contributed by atoms with E-state index < -0.39 is 49.9 Å². The Hall–Kier alpha value is -4.61. The van der Waals surface area contributed by atoms with Gasteiger partial charge in [-0.15, -0.1) is 0 Å². The maximum absolute atomic E-state index is 14.0. The molecule has 0 unspecified atom stereocenters. The number of nitrogens with zero attached hydrogens (tertiary/aromatic N) is 1. The topological polar surface area (TPSA) is 134 Å². The van der Waals surface area contributed by atoms with E-state index in [2.05, 4.69) is 61.0 Å². The highest BCUT2D eigenvalue weighted by Gasteiger charge is 2.52. The van der Waals surface area contributed by atoms with E-state index in [1.807, 2.05) is 80.6 Å². The van der Waals surface area contributed by atoms with Crippen molar-refractivity contribution in [1.82, 2.24) is 20.9 Å². The second-order valence-corrected chi connectivity index (χ2v) is 21.5. The minimum atomic E-state index is -2.93. The predicted molar refractivity (Wildman–Crippen MR) is 231 cm³/mol. The number of hydrogen-bond acceptors (Lipinski definition) is 6. The van der Waals surface area contributed by atoms with Gasteiger partial charge >= 0.3 is 0 Å². The first-order valence-electron chi connectivity index (χ1n) is 21.3. The van der Waals surface area contributed by atoms with Gasteiger partial charge in [0.15, 0.2) is 5.78 Å². The van der Waals surface area contributed by atoms with Crippen molar-refractivity contribution in [3.8, 4) is 0 Å². The molecule has 3 aromatic rings. The monoisotopic (exact) mass is 808 g/mol. The van der Waals surface area contributed by atoms with Crippen LogP contribution >= 0.6 is 0 Å². The van der Waals surface area contributed by atoms with Crippen molar-refractivity contribution in [3.05, 3.63) is 96.6 Å². The Morgan fingerprint density at radius 3 is 1.98 bits per heavy atom. The van der Waals surface area contributed by atoms with E-state index in [0.29, 0.717) is 70.8 Å². The summed E-state index contributed by atoms with van der Waals surface area (Å²) in [7, 11) is -2.93. The lowest BCUT2D eigenvalue weighted by atomic mass is 9.94. The second-order valence-electron chi connectivity index (χ2n) is 17.2. The van der Waals surface area contributed by atoms with Crippen molar-refractivity contribution in [2.75, 3.05) is 6.54 Å². The zero-order valence-corrected chi connectivity index (χ0v) is 36.4. The second kappa shape index (κ2) is 19.9. The van der Waals surface area contributed by atoms with E-state index in [0.717, 1.165) is 15.9 Å². The highest BCUT2D eigenvalue weighted by Crippen LogP contribution is 2.38. The fraction of sp³-hybridized carbons (Fsp3) is 0.511. The maximum atomic E-state index is 14.0. The average molecular weight is 809 g/mol. The van der Waals surface area contributed by atoms with Gasteiger partial charge in [0.25, 0.3) is 8.32 Å². The molecule has 5 atom stereocenters. The van der Waals surface area contributed by atoms with E-state index in [1.165, 1.54) is 0 Å². The molecule has 2 saturated heterocycles. The van der Waals surface area contributed by atoms with Crippen LogP contribution in [0.4, 0.5) is 0 Å². The van der Waals surface area contributed by atoms with Crippen LogP contribution in [0.15, 0.2) is 91.0 Å². The lowest BCUT2D eigenvalue weighted by Crippen LogP contribution is -2.68. The van der Waals surface area contributed by atoms with Gasteiger partial charge < -0.3 is 25.3 Å². The lowest BCUT2D eigenvalue weighted by molar-refractivity contribution is -0.145. The van der Waals surface area contributed by atoms with E-state index in [4.69, 9.17) is 4.43 Å². The molecule has 3 aromatic carbocycles. The molecule has 2 fully saturated rings. The largest absolute Gasteiger partial charge is 0.397 e. The molecule has 0 aliphatic carbocycles. The van der Waals surface area contributed by atoms with E-state index in [1.54, 1.807) is 11.8 Å². The Morgan fingerprint density at radius 2 is 1.41 bits per heavy atom. The van der Waals surface area contributed by atoms with Crippen molar-refractivity contribution < 1.29 is 28.4 Å². The van der Waals surface area contributed by atoms with Crippen LogP contribution in [-0.2, 0) is 34.8 Å². The maximum Gasteiger partial charge on any atom is 0.262 e. The third-order valence-corrected chi connectivity index (χ3v) is 17.2. The van der Waals surface area contributed by atoms with Gasteiger partial charge in [0.1, 0.15) is 29.8 Å². The van der Waals surface area contributed by atoms with E-state index in [9.17, 15) is 24.0 Å². The Bertz CT molecular complexity index is 1810. The summed E-state index contributed by atoms with van der Waals surface area (Å²) < 4.78 is 7.18. The number of Topliss-reactive ketones (excluding diaryl/α,β-unsaturated/α-hetero) is 1. The molecule has 2 heterocycles. The molecule has 312 valence electrons. The number of nitrogens with one attached hydrogen (secondary N) is 3. The minimum absolute atomic E-state index is 0.0605. The number of fused-ring (bicyclic) bond motifs is 1. The Labute approximate surface area is 346 Å². The molecular weight excluding hydrogens is 745 g/mol. The summed E-state index contributed by atoms with van der Waals surface area (Å²) >= 11 is 0. The molecule has 10 nitrogen and oxygen atoms in total. The molecule has 2 aliphatic rings. The zero-order chi connectivity index (χ0) is 41.9. The predicted octanol–water partition coefficient (Wildman–Crippen LogP) is 5.75. The van der Waals surface area contributed by atoms with Crippen LogP contribution in [0, 0.1) is 0 Å². The highest BCUT2D eigenvalue weighted by atomic mass is 28.4. The minimum Gasteiger partial charge on any atom is -0.397 e. The fourth-order valence-corrected chi connectivity index (χ4v) is 13.2. The van der Waals surface area contributed by atoms with Crippen LogP contribution in [-0.4, -0.2) is 78.9 Å². The number of hydrogen-bond donors (Lipinski definition) is 3. The van der Waals surface area contributed by atoms with Gasteiger partial charge in [-0.05, 0) is 79.3 Å². The molecule has 0 spiro atoms. The number of carbonyl (C=O) groups excluding carboxylic acids is 5. The van der Waals surface area contributed by atoms with E-state index in [-0.39, 0.29) is 29.1 Å². The van der Waals surface area contributed by atoms with Crippen LogP contribution in [0.3, 0.4) is 0 Å². The molecule has 58 heavy (non-hydrogen) atoms. The van der Waals surface area contributed by atoms with Crippen LogP contribution in [0.5, 0.6) is 0 Å². The molecule has 0 saturated carbocycles. The fourth-order valence-electron chi connectivity index (χ4n) is 8.50. The van der Waals surface area contributed by atoms with Gasteiger partial charge in [0.2, 0.25) is 23.6 Å². The molecule has 5 rings (SSSR count). The smallest absolute Gasteiger partial charge is 0.262 e. The average Bonchev–Trinajstić information content (AvgIpc) is 3.72. The highest BCUT2D eigenvalue weighted by molar-refractivity contribution is 6.99. The van der Waals surface area contributed by atoms with Crippen molar-refractivity contribution in [2.24, 2.45) is 0 Å². The molecule has 2 aliphatic heterocycles. The lowest BCUT2D eigenvalue weighted by Gasteiger charge is -2.44. The SMILES string of the molecule is CC[C@@H](O[Si](c1ccccc1)(c1ccccc1)C(C)(C)C)C(=O)CCCCC[C@@H]1NC(=O)[C@H]2CCCN2C(=O)[C@H](CCc2ccccc2)NC(=O)[C@](C)(CC)NC1=O. The molecule has 11 heteroatoms. The summed E-state index contributed by atoms with van der Waals surface area (Å²) in [5, 5.41) is 10.9. The molecule has 0 bridgehead atoms. The normalized spacial score (nSPS) is 22.5. The van der Waals surface area contributed by atoms with Crippen molar-refractivity contribution in [2.45, 2.75) is 147 Å². The first-order valence-corrected chi connectivity index (χ1v) is 23.2. The summed E-state index contributed by atoms with van der Waals surface area (Å²) in [6.45, 7) is 12.5. The summed E-state index contributed by atoms with van der Waals surface area (Å²) in [5.41, 5.74) is -0.263. The van der Waals surface area contributed by atoms with Crippen LogP contribution < -0.4 is 26.3 Å². The Morgan fingerprint density at radius 1 is 0.810 bits per heavy atom. The molecule has 4 amide bonds. The van der Waals surface area contributed by atoms with Gasteiger partial charge in [0.05, 0.1) is 0 Å². The summed E-state index contributed by atoms with van der Waals surface area (Å²) in [6.07, 6.45) is 4.81. The van der Waals surface area contributed by atoms with Crippen LogP contribution in [0.25, 0.3) is 0 Å². The number of aryl methyl sites for hydroxylation is 1. The van der Waals surface area contributed by atoms with Gasteiger partial charge in [-0.2, -0.15) is 0 Å². The first kappa shape index (κ1) is 44.5. The van der Waals surface area contributed by atoms with E-state index >= 15 is 0 Å². The molecular formula is C47H64N4O6Si. The zero-order valence-electron chi connectivity index (χ0n) is 35.4. The van der Waals surface area contributed by atoms with Gasteiger partial charge in [-0.3, -0.25) is 24.0 Å². The Kier molecular flexibility index (Phi) is 15.3. The molecule has 3 N–H and O–H groups in total. The first-order chi connectivity index (χ1) is 27.7. The van der Waals surface area contributed by atoms with Crippen molar-refractivity contribution in [1.29, 1.82) is 0 Å². The number of unbranched alkanes of at least 4 members (excludes halogenated alkanes) is 2. The Balaban J connectivity index is 1.25. The van der Waals surface area contributed by atoms with Gasteiger partial charge in [-0.1, -0.05) is 138 Å². The third-order valence-electron chi connectivity index (χ3n) is 12.1. The molecule has 0 aromatic heterocycles. The quantitative estimate of drug-likeness (QED) is 0.125. The summed E-state index contributed by atoms with van der Waals surface area (Å²) in [5.74, 6) is -1.45. The number of amides is 4. The van der Waals surface area contributed by atoms with Crippen LogP contribution in [0.2, 0.25) is 5.04 Å². The van der Waals surface area contributed by atoms with Crippen molar-refractivity contribution in [3.63, 3.8) is 0 Å². The third kappa shape index (κ3) is 10.3. The number of carbonyl (C=O) groups is 5. The van der Waals surface area contributed by atoms with Crippen molar-refractivity contribution >= 4 is 48.1 Å². The summed E-state index contributed by atoms with van der Waals surface area (Å²) in [6, 6.07) is 27.9. The van der Waals surface area contributed by atoms with Crippen LogP contribution in [0.1, 0.15) is 111 Å². The number of benzene rings is 3. The van der Waals surface area contributed by atoms with Gasteiger partial charge in [0, 0.05) is 13.0 Å². The molecule has 0 radical (unpaired) electrons. The van der Waals surface area contributed by atoms with Gasteiger partial charge in [-0.25, -0.2) is 0 Å². The standard InChI is InChI=1S/C47H64N4O6Si/c1-7-41(57-58(46(3,4)5,35-24-15-10-16-25-35)36-26-17-11-18-27-36)40(52)30-20-12-19-28-37-42(53)50-47(6,8-2)45(56)49-38(32-31-34-22-13-9-14-23-34)44(55)51-33-21-29-39(51)43(54)48-37/h9-11,13-18,22-27,37-39,41H,7-8,12,19-21,28-33H2,1-6H3,(H,48,54)(H,49,56)(H,50,53)/t37-,38-,39+,41+,47-/m0/s1. The number of rotatable bonds is 16. The summed E-state index contributed by atoms with van der Waals surface area (Å²) in [4.78, 5) is 71.2. The number of ketones is 1.